The van der Waals surface area contributed by atoms with Crippen LogP contribution in [-0.4, -0.2) is 22.0 Å². The monoisotopic (exact) mass is 209 g/mol. The fraction of sp³-hybridized carbons (Fsp3) is 0.636. The van der Waals surface area contributed by atoms with Crippen molar-refractivity contribution in [1.29, 1.82) is 0 Å². The van der Waals surface area contributed by atoms with E-state index in [1.165, 1.54) is 0 Å². The van der Waals surface area contributed by atoms with Crippen LogP contribution in [0, 0.1) is 5.92 Å². The van der Waals surface area contributed by atoms with Crippen LogP contribution in [-0.2, 0) is 7.05 Å². The van der Waals surface area contributed by atoms with Crippen molar-refractivity contribution in [2.75, 3.05) is 6.54 Å². The first-order valence-corrected chi connectivity index (χ1v) is 5.35. The van der Waals surface area contributed by atoms with E-state index in [0.29, 0.717) is 11.6 Å². The number of nitrogens with one attached hydrogen (secondary N) is 1. The second-order valence-electron chi connectivity index (χ2n) is 4.22. The predicted molar refractivity (Wildman–Crippen MR) is 59.6 cm³/mol. The van der Waals surface area contributed by atoms with Gasteiger partial charge in [-0.2, -0.15) is 0 Å². The molecule has 0 fully saturated rings. The summed E-state index contributed by atoms with van der Waals surface area (Å²) in [6.07, 6.45) is 5.51. The van der Waals surface area contributed by atoms with Gasteiger partial charge in [0.05, 0.1) is 6.33 Å². The molecule has 0 radical (unpaired) electrons. The third-order valence-electron chi connectivity index (χ3n) is 2.18. The number of aromatic nitrogens is 2. The van der Waals surface area contributed by atoms with Gasteiger partial charge in [0.1, 0.15) is 5.69 Å². The number of carbonyl (C=O) groups excluding carboxylic acids is 1. The summed E-state index contributed by atoms with van der Waals surface area (Å²) in [7, 11) is 1.85. The second kappa shape index (κ2) is 5.53. The van der Waals surface area contributed by atoms with Crippen LogP contribution in [0.3, 0.4) is 0 Å². The summed E-state index contributed by atoms with van der Waals surface area (Å²) in [6, 6.07) is 0. The first-order chi connectivity index (χ1) is 7.09. The Balaban J connectivity index is 2.25. The van der Waals surface area contributed by atoms with Gasteiger partial charge in [-0.05, 0) is 18.8 Å². The lowest BCUT2D eigenvalue weighted by molar-refractivity contribution is 0.0948. The molecule has 1 aromatic heterocycles. The van der Waals surface area contributed by atoms with Gasteiger partial charge in [0.25, 0.3) is 5.91 Å². The summed E-state index contributed by atoms with van der Waals surface area (Å²) in [5, 5.41) is 2.85. The van der Waals surface area contributed by atoms with Crippen molar-refractivity contribution >= 4 is 5.91 Å². The van der Waals surface area contributed by atoms with Gasteiger partial charge in [-0.1, -0.05) is 13.8 Å². The van der Waals surface area contributed by atoms with Crippen molar-refractivity contribution in [2.45, 2.75) is 26.7 Å². The van der Waals surface area contributed by atoms with Crippen LogP contribution in [0.2, 0.25) is 0 Å². The minimum Gasteiger partial charge on any atom is -0.351 e. The maximum Gasteiger partial charge on any atom is 0.271 e. The topological polar surface area (TPSA) is 46.9 Å². The van der Waals surface area contributed by atoms with E-state index in [1.807, 2.05) is 7.05 Å². The van der Waals surface area contributed by atoms with Crippen molar-refractivity contribution in [1.82, 2.24) is 14.9 Å². The highest BCUT2D eigenvalue weighted by atomic mass is 16.1. The van der Waals surface area contributed by atoms with Crippen molar-refractivity contribution in [2.24, 2.45) is 13.0 Å². The molecule has 0 saturated heterocycles. The van der Waals surface area contributed by atoms with Crippen LogP contribution >= 0.6 is 0 Å². The summed E-state index contributed by atoms with van der Waals surface area (Å²) in [6.45, 7) is 5.09. The quantitative estimate of drug-likeness (QED) is 0.748. The average Bonchev–Trinajstić information content (AvgIpc) is 2.59. The molecule has 1 N–H and O–H groups in total. The van der Waals surface area contributed by atoms with Crippen LogP contribution in [0.1, 0.15) is 37.2 Å². The van der Waals surface area contributed by atoms with Gasteiger partial charge in [-0.15, -0.1) is 0 Å². The zero-order valence-corrected chi connectivity index (χ0v) is 9.66. The van der Waals surface area contributed by atoms with E-state index >= 15 is 0 Å². The maximum absolute atomic E-state index is 11.5. The van der Waals surface area contributed by atoms with Gasteiger partial charge in [-0.25, -0.2) is 4.98 Å². The van der Waals surface area contributed by atoms with E-state index in [9.17, 15) is 4.79 Å². The molecule has 0 aliphatic rings. The Kier molecular flexibility index (Phi) is 4.34. The molecule has 1 aromatic rings. The van der Waals surface area contributed by atoms with E-state index in [1.54, 1.807) is 17.1 Å². The van der Waals surface area contributed by atoms with E-state index in [0.717, 1.165) is 19.4 Å². The number of carbonyl (C=O) groups is 1. The number of hydrogen-bond donors (Lipinski definition) is 1. The molecule has 15 heavy (non-hydrogen) atoms. The molecule has 84 valence electrons. The first-order valence-electron chi connectivity index (χ1n) is 5.35. The molecule has 0 spiro atoms. The molecular formula is C11H19N3O. The van der Waals surface area contributed by atoms with Gasteiger partial charge in [-0.3, -0.25) is 4.79 Å². The molecule has 1 rings (SSSR count). The molecule has 4 nitrogen and oxygen atoms in total. The summed E-state index contributed by atoms with van der Waals surface area (Å²) in [4.78, 5) is 15.5. The number of hydrogen-bond acceptors (Lipinski definition) is 2. The number of nitrogens with zero attached hydrogens (tertiary/aromatic N) is 2. The van der Waals surface area contributed by atoms with Crippen LogP contribution in [0.5, 0.6) is 0 Å². The van der Waals surface area contributed by atoms with Crippen molar-refractivity contribution in [3.8, 4) is 0 Å². The fourth-order valence-electron chi connectivity index (χ4n) is 1.33. The molecule has 0 saturated carbocycles. The van der Waals surface area contributed by atoms with Crippen LogP contribution in [0.4, 0.5) is 0 Å². The lowest BCUT2D eigenvalue weighted by Gasteiger charge is -2.05. The maximum atomic E-state index is 11.5. The average molecular weight is 209 g/mol. The molecule has 0 bridgehead atoms. The molecular weight excluding hydrogens is 190 g/mol. The van der Waals surface area contributed by atoms with Crippen LogP contribution < -0.4 is 5.32 Å². The first kappa shape index (κ1) is 11.8. The number of amides is 1. The summed E-state index contributed by atoms with van der Waals surface area (Å²) < 4.78 is 1.77. The Hall–Kier alpha value is -1.32. The molecule has 0 aromatic carbocycles. The standard InChI is InChI=1S/C11H19N3O/c1-9(2)5-4-6-12-11(15)10-7-14(3)8-13-10/h7-9H,4-6H2,1-3H3,(H,12,15). The van der Waals surface area contributed by atoms with E-state index in [4.69, 9.17) is 0 Å². The molecule has 1 amide bonds. The van der Waals surface area contributed by atoms with E-state index < -0.39 is 0 Å². The second-order valence-corrected chi connectivity index (χ2v) is 4.22. The Morgan fingerprint density at radius 2 is 2.33 bits per heavy atom. The Bertz CT molecular complexity index is 317. The normalized spacial score (nSPS) is 10.7. The molecule has 0 atom stereocenters. The van der Waals surface area contributed by atoms with Crippen LogP contribution in [0.25, 0.3) is 0 Å². The zero-order chi connectivity index (χ0) is 11.3. The number of aryl methyl sites for hydroxylation is 1. The molecule has 1 heterocycles. The molecule has 0 aliphatic carbocycles. The Morgan fingerprint density at radius 3 is 2.87 bits per heavy atom. The third-order valence-corrected chi connectivity index (χ3v) is 2.18. The fourth-order valence-corrected chi connectivity index (χ4v) is 1.33. The summed E-state index contributed by atoms with van der Waals surface area (Å²) in [5.74, 6) is 0.608. The summed E-state index contributed by atoms with van der Waals surface area (Å²) in [5.41, 5.74) is 0.488. The Morgan fingerprint density at radius 1 is 1.60 bits per heavy atom. The van der Waals surface area contributed by atoms with Crippen LogP contribution in [0.15, 0.2) is 12.5 Å². The van der Waals surface area contributed by atoms with Gasteiger partial charge < -0.3 is 9.88 Å². The lowest BCUT2D eigenvalue weighted by Crippen LogP contribution is -2.24. The minimum atomic E-state index is -0.0839. The molecule has 0 unspecified atom stereocenters. The van der Waals surface area contributed by atoms with E-state index in [-0.39, 0.29) is 5.91 Å². The van der Waals surface area contributed by atoms with Gasteiger partial charge in [0.2, 0.25) is 0 Å². The van der Waals surface area contributed by atoms with Crippen molar-refractivity contribution < 1.29 is 4.79 Å². The highest BCUT2D eigenvalue weighted by Gasteiger charge is 2.07. The summed E-state index contributed by atoms with van der Waals surface area (Å²) >= 11 is 0. The SMILES string of the molecule is CC(C)CCCNC(=O)c1cn(C)cn1. The predicted octanol–water partition coefficient (Wildman–Crippen LogP) is 1.59. The van der Waals surface area contributed by atoms with Crippen molar-refractivity contribution in [3.05, 3.63) is 18.2 Å². The zero-order valence-electron chi connectivity index (χ0n) is 9.66. The molecule has 4 heteroatoms. The number of imidazole rings is 1. The highest BCUT2D eigenvalue weighted by Crippen LogP contribution is 2.02. The Labute approximate surface area is 90.7 Å². The smallest absolute Gasteiger partial charge is 0.271 e. The lowest BCUT2D eigenvalue weighted by atomic mass is 10.1. The van der Waals surface area contributed by atoms with Gasteiger partial charge in [0, 0.05) is 19.8 Å². The molecule has 0 aliphatic heterocycles. The highest BCUT2D eigenvalue weighted by molar-refractivity contribution is 5.91. The van der Waals surface area contributed by atoms with Gasteiger partial charge in [0.15, 0.2) is 0 Å². The van der Waals surface area contributed by atoms with Crippen molar-refractivity contribution in [3.63, 3.8) is 0 Å². The third kappa shape index (κ3) is 4.14. The van der Waals surface area contributed by atoms with E-state index in [2.05, 4.69) is 24.1 Å². The number of rotatable bonds is 5. The minimum absolute atomic E-state index is 0.0839. The van der Waals surface area contributed by atoms with Gasteiger partial charge >= 0.3 is 0 Å². The largest absolute Gasteiger partial charge is 0.351 e.